The van der Waals surface area contributed by atoms with Crippen LogP contribution in [0.1, 0.15) is 6.92 Å². The topological polar surface area (TPSA) is 67.4 Å². The Hall–Kier alpha value is -2.25. The number of hydrogen-bond donors (Lipinski definition) is 2. The zero-order valence-electron chi connectivity index (χ0n) is 10.8. The van der Waals surface area contributed by atoms with Gasteiger partial charge in [0.15, 0.2) is 11.6 Å². The molecule has 1 aromatic rings. The molecule has 0 fully saturated rings. The summed E-state index contributed by atoms with van der Waals surface area (Å²) in [5.74, 6) is -4.87. The van der Waals surface area contributed by atoms with Crippen molar-refractivity contribution in [2.75, 3.05) is 19.0 Å². The van der Waals surface area contributed by atoms with Crippen LogP contribution in [0.15, 0.2) is 12.1 Å². The monoisotopic (exact) mass is 290 g/mol. The first-order valence-corrected chi connectivity index (χ1v) is 5.62. The zero-order valence-corrected chi connectivity index (χ0v) is 10.8. The molecule has 0 spiro atoms. The van der Waals surface area contributed by atoms with Gasteiger partial charge in [0, 0.05) is 18.7 Å². The maximum atomic E-state index is 13.2. The number of nitrogens with one attached hydrogen (secondary N) is 2. The summed E-state index contributed by atoms with van der Waals surface area (Å²) in [6, 6.07) is -0.0126. The Morgan fingerprint density at radius 3 is 2.40 bits per heavy atom. The number of ether oxygens (including phenoxy) is 1. The fourth-order valence-electron chi connectivity index (χ4n) is 1.32. The van der Waals surface area contributed by atoms with E-state index < -0.39 is 41.1 Å². The molecule has 0 aliphatic carbocycles. The van der Waals surface area contributed by atoms with E-state index in [1.807, 2.05) is 5.32 Å². The number of amides is 2. The number of rotatable bonds is 4. The Kier molecular flexibility index (Phi) is 5.36. The van der Waals surface area contributed by atoms with Crippen molar-refractivity contribution in [3.8, 4) is 0 Å². The van der Waals surface area contributed by atoms with Gasteiger partial charge in [-0.3, -0.25) is 4.79 Å². The fourth-order valence-corrected chi connectivity index (χ4v) is 1.32. The van der Waals surface area contributed by atoms with Crippen LogP contribution in [0.25, 0.3) is 0 Å². The highest BCUT2D eigenvalue weighted by Gasteiger charge is 2.15. The van der Waals surface area contributed by atoms with Gasteiger partial charge in [0.05, 0.1) is 18.7 Å². The van der Waals surface area contributed by atoms with Crippen molar-refractivity contribution >= 4 is 17.7 Å². The highest BCUT2D eigenvalue weighted by Crippen LogP contribution is 2.18. The lowest BCUT2D eigenvalue weighted by Gasteiger charge is -2.12. The number of benzene rings is 1. The van der Waals surface area contributed by atoms with Crippen LogP contribution < -0.4 is 10.6 Å². The molecule has 1 aromatic carbocycles. The fraction of sp³-hybridized carbons (Fsp3) is 0.333. The minimum atomic E-state index is -1.35. The Morgan fingerprint density at radius 2 is 1.80 bits per heavy atom. The van der Waals surface area contributed by atoms with Gasteiger partial charge in [-0.1, -0.05) is 6.92 Å². The van der Waals surface area contributed by atoms with Gasteiger partial charge in [0.25, 0.3) is 0 Å². The molecule has 0 saturated heterocycles. The first-order chi connectivity index (χ1) is 9.35. The molecule has 2 N–H and O–H groups in total. The number of urea groups is 1. The van der Waals surface area contributed by atoms with Crippen molar-refractivity contribution in [3.63, 3.8) is 0 Å². The van der Waals surface area contributed by atoms with Crippen LogP contribution in [0.2, 0.25) is 0 Å². The van der Waals surface area contributed by atoms with Gasteiger partial charge in [0.1, 0.15) is 5.82 Å². The van der Waals surface area contributed by atoms with Gasteiger partial charge in [-0.2, -0.15) is 0 Å². The number of carbonyl (C=O) groups is 2. The Labute approximate surface area is 113 Å². The predicted molar refractivity (Wildman–Crippen MR) is 64.5 cm³/mol. The van der Waals surface area contributed by atoms with Crippen molar-refractivity contribution in [2.24, 2.45) is 5.92 Å². The number of halogens is 3. The Morgan fingerprint density at radius 1 is 1.20 bits per heavy atom. The summed E-state index contributed by atoms with van der Waals surface area (Å²) in [6.45, 7) is 1.47. The van der Waals surface area contributed by atoms with Crippen molar-refractivity contribution in [1.29, 1.82) is 0 Å². The molecule has 5 nitrogen and oxygen atoms in total. The van der Waals surface area contributed by atoms with E-state index >= 15 is 0 Å². The van der Waals surface area contributed by atoms with Gasteiger partial charge >= 0.3 is 12.0 Å². The highest BCUT2D eigenvalue weighted by molar-refractivity contribution is 5.89. The van der Waals surface area contributed by atoms with E-state index in [1.165, 1.54) is 14.0 Å². The molecular weight excluding hydrogens is 277 g/mol. The molecule has 8 heteroatoms. The van der Waals surface area contributed by atoms with Gasteiger partial charge < -0.3 is 15.4 Å². The summed E-state index contributed by atoms with van der Waals surface area (Å²) in [4.78, 5) is 22.5. The molecule has 0 aromatic heterocycles. The van der Waals surface area contributed by atoms with Crippen molar-refractivity contribution in [3.05, 3.63) is 29.6 Å². The second-order valence-corrected chi connectivity index (χ2v) is 4.01. The average Bonchev–Trinajstić information content (AvgIpc) is 2.41. The number of carbonyl (C=O) groups excluding carboxylic acids is 2. The first-order valence-electron chi connectivity index (χ1n) is 5.62. The maximum Gasteiger partial charge on any atom is 0.319 e. The number of methoxy groups -OCH3 is 1. The molecule has 0 saturated carbocycles. The van der Waals surface area contributed by atoms with E-state index in [0.29, 0.717) is 12.1 Å². The molecule has 1 rings (SSSR count). The highest BCUT2D eigenvalue weighted by atomic mass is 19.2. The molecule has 0 heterocycles. The Bertz CT molecular complexity index is 523. The molecule has 0 unspecified atom stereocenters. The number of hydrogen-bond acceptors (Lipinski definition) is 3. The molecule has 20 heavy (non-hydrogen) atoms. The molecule has 0 bridgehead atoms. The van der Waals surface area contributed by atoms with Crippen LogP contribution in [0.5, 0.6) is 0 Å². The second-order valence-electron chi connectivity index (χ2n) is 4.01. The van der Waals surface area contributed by atoms with E-state index in [9.17, 15) is 22.8 Å². The second kappa shape index (κ2) is 6.78. The summed E-state index contributed by atoms with van der Waals surface area (Å²) in [5, 5.41) is 4.28. The van der Waals surface area contributed by atoms with E-state index in [4.69, 9.17) is 0 Å². The molecule has 0 aliphatic rings. The minimum absolute atomic E-state index is 0.0518. The van der Waals surface area contributed by atoms with Crippen LogP contribution in [0.4, 0.5) is 23.7 Å². The van der Waals surface area contributed by atoms with Crippen LogP contribution in [0, 0.1) is 23.4 Å². The van der Waals surface area contributed by atoms with E-state index in [2.05, 4.69) is 10.1 Å². The molecule has 110 valence electrons. The molecule has 2 amide bonds. The lowest BCUT2D eigenvalue weighted by Crippen LogP contribution is -2.35. The third-order valence-electron chi connectivity index (χ3n) is 2.43. The zero-order chi connectivity index (χ0) is 15.3. The largest absolute Gasteiger partial charge is 0.469 e. The normalized spacial score (nSPS) is 11.7. The molecule has 0 aliphatic heterocycles. The molecule has 1 atom stereocenters. The van der Waals surface area contributed by atoms with Crippen molar-refractivity contribution < 1.29 is 27.5 Å². The van der Waals surface area contributed by atoms with Crippen LogP contribution in [-0.4, -0.2) is 25.7 Å². The summed E-state index contributed by atoms with van der Waals surface area (Å²) in [6.07, 6.45) is 0. The predicted octanol–water partition coefficient (Wildman–Crippen LogP) is 2.03. The van der Waals surface area contributed by atoms with E-state index in [0.717, 1.165) is 0 Å². The van der Waals surface area contributed by atoms with Crippen LogP contribution in [-0.2, 0) is 9.53 Å². The average molecular weight is 290 g/mol. The van der Waals surface area contributed by atoms with Crippen molar-refractivity contribution in [1.82, 2.24) is 5.32 Å². The smallest absolute Gasteiger partial charge is 0.319 e. The van der Waals surface area contributed by atoms with E-state index in [1.54, 1.807) is 0 Å². The third kappa shape index (κ3) is 4.15. The lowest BCUT2D eigenvalue weighted by atomic mass is 10.2. The maximum absolute atomic E-state index is 13.2. The minimum Gasteiger partial charge on any atom is -0.469 e. The molecule has 0 radical (unpaired) electrons. The van der Waals surface area contributed by atoms with Crippen molar-refractivity contribution in [2.45, 2.75) is 6.92 Å². The summed E-state index contributed by atoms with van der Waals surface area (Å²) < 4.78 is 43.3. The lowest BCUT2D eigenvalue weighted by molar-refractivity contribution is -0.144. The number of esters is 1. The van der Waals surface area contributed by atoms with Gasteiger partial charge in [-0.05, 0) is 0 Å². The van der Waals surface area contributed by atoms with Crippen LogP contribution >= 0.6 is 0 Å². The Balaban J connectivity index is 2.59. The summed E-state index contributed by atoms with van der Waals surface area (Å²) in [5.41, 5.74) is -0.507. The summed E-state index contributed by atoms with van der Waals surface area (Å²) >= 11 is 0. The first kappa shape index (κ1) is 15.8. The molecular formula is C12H13F3N2O3. The van der Waals surface area contributed by atoms with Crippen LogP contribution in [0.3, 0.4) is 0 Å². The SMILES string of the molecule is COC(=O)[C@@H](C)CNC(=O)Nc1cc(F)c(F)cc1F. The van der Waals surface area contributed by atoms with Gasteiger partial charge in [-0.15, -0.1) is 0 Å². The van der Waals surface area contributed by atoms with E-state index in [-0.39, 0.29) is 6.54 Å². The van der Waals surface area contributed by atoms with Gasteiger partial charge in [0.2, 0.25) is 0 Å². The third-order valence-corrected chi connectivity index (χ3v) is 2.43. The number of anilines is 1. The quantitative estimate of drug-likeness (QED) is 0.658. The standard InChI is InChI=1S/C12H13F3N2O3/c1-6(11(18)20-2)5-16-12(19)17-10-4-8(14)7(13)3-9(10)15/h3-4,6H,5H2,1-2H3,(H2,16,17,19)/t6-/m0/s1. The van der Waals surface area contributed by atoms with Gasteiger partial charge in [-0.25, -0.2) is 18.0 Å². The summed E-state index contributed by atoms with van der Waals surface area (Å²) in [7, 11) is 1.20.